The highest BCUT2D eigenvalue weighted by molar-refractivity contribution is 5.30. The third kappa shape index (κ3) is 3.47. The summed E-state index contributed by atoms with van der Waals surface area (Å²) in [7, 11) is 1.72. The molecule has 0 saturated heterocycles. The lowest BCUT2D eigenvalue weighted by Crippen LogP contribution is -2.33. The molecule has 0 radical (unpaired) electrons. The van der Waals surface area contributed by atoms with E-state index in [2.05, 4.69) is 30.4 Å². The van der Waals surface area contributed by atoms with Crippen molar-refractivity contribution in [2.75, 3.05) is 7.11 Å². The number of hydrogen-bond acceptors (Lipinski definition) is 2. The van der Waals surface area contributed by atoms with E-state index in [9.17, 15) is 0 Å². The van der Waals surface area contributed by atoms with E-state index >= 15 is 0 Å². The van der Waals surface area contributed by atoms with Crippen molar-refractivity contribution < 1.29 is 4.74 Å². The molecule has 1 aromatic carbocycles. The van der Waals surface area contributed by atoms with Crippen molar-refractivity contribution in [3.63, 3.8) is 0 Å². The van der Waals surface area contributed by atoms with Gasteiger partial charge in [-0.25, -0.2) is 0 Å². The average molecular weight is 233 g/mol. The van der Waals surface area contributed by atoms with Gasteiger partial charge >= 0.3 is 0 Å². The number of rotatable bonds is 4. The maximum Gasteiger partial charge on any atom is 0.119 e. The van der Waals surface area contributed by atoms with E-state index in [1.54, 1.807) is 7.11 Å². The highest BCUT2D eigenvalue weighted by Gasteiger charge is 2.16. The van der Waals surface area contributed by atoms with Crippen LogP contribution in [-0.2, 0) is 0 Å². The van der Waals surface area contributed by atoms with Crippen molar-refractivity contribution >= 4 is 0 Å². The van der Waals surface area contributed by atoms with Gasteiger partial charge in [0.2, 0.25) is 0 Å². The normalized spacial score (nSPS) is 18.9. The first-order chi connectivity index (χ1) is 8.29. The first kappa shape index (κ1) is 12.4. The molecule has 1 aliphatic carbocycles. The van der Waals surface area contributed by atoms with Gasteiger partial charge < -0.3 is 10.1 Å². The lowest BCUT2D eigenvalue weighted by atomic mass is 9.94. The molecule has 2 rings (SSSR count). The van der Waals surface area contributed by atoms with E-state index in [0.717, 1.165) is 5.75 Å². The molecule has 2 nitrogen and oxygen atoms in total. The van der Waals surface area contributed by atoms with Crippen LogP contribution in [-0.4, -0.2) is 13.2 Å². The Morgan fingerprint density at radius 3 is 2.71 bits per heavy atom. The molecule has 94 valence electrons. The van der Waals surface area contributed by atoms with Crippen LogP contribution in [0.5, 0.6) is 5.75 Å². The fraction of sp³-hybridized carbons (Fsp3) is 0.600. The third-order valence-electron chi connectivity index (χ3n) is 3.68. The van der Waals surface area contributed by atoms with Crippen LogP contribution in [0.4, 0.5) is 0 Å². The van der Waals surface area contributed by atoms with Crippen molar-refractivity contribution in [2.24, 2.45) is 0 Å². The van der Waals surface area contributed by atoms with Crippen LogP contribution < -0.4 is 10.1 Å². The molecular formula is C15H23NO. The number of benzene rings is 1. The number of hydrogen-bond donors (Lipinski definition) is 1. The summed E-state index contributed by atoms with van der Waals surface area (Å²) in [6.45, 7) is 2.24. The van der Waals surface area contributed by atoms with Gasteiger partial charge in [0.05, 0.1) is 7.11 Å². The summed E-state index contributed by atoms with van der Waals surface area (Å²) in [6.07, 6.45) is 6.82. The van der Waals surface area contributed by atoms with Gasteiger partial charge in [-0.05, 0) is 37.5 Å². The molecule has 0 aromatic heterocycles. The second kappa shape index (κ2) is 6.06. The molecule has 1 atom stereocenters. The standard InChI is InChI=1S/C15H23NO/c1-12(16-14-8-4-3-5-9-14)13-7-6-10-15(11-13)17-2/h6-7,10-12,14,16H,3-5,8-9H2,1-2H3. The molecule has 1 fully saturated rings. The van der Waals surface area contributed by atoms with E-state index in [1.807, 2.05) is 6.07 Å². The zero-order chi connectivity index (χ0) is 12.1. The van der Waals surface area contributed by atoms with Crippen LogP contribution in [0.15, 0.2) is 24.3 Å². The summed E-state index contributed by atoms with van der Waals surface area (Å²) in [5.41, 5.74) is 1.31. The molecule has 1 unspecified atom stereocenters. The summed E-state index contributed by atoms with van der Waals surface area (Å²) in [5, 5.41) is 3.73. The molecule has 1 N–H and O–H groups in total. The van der Waals surface area contributed by atoms with Crippen LogP contribution in [0.25, 0.3) is 0 Å². The Labute approximate surface area is 104 Å². The van der Waals surface area contributed by atoms with E-state index in [0.29, 0.717) is 12.1 Å². The van der Waals surface area contributed by atoms with Crippen LogP contribution in [0, 0.1) is 0 Å². The van der Waals surface area contributed by atoms with Crippen LogP contribution >= 0.6 is 0 Å². The Kier molecular flexibility index (Phi) is 4.43. The molecule has 1 aliphatic rings. The molecule has 17 heavy (non-hydrogen) atoms. The van der Waals surface area contributed by atoms with E-state index < -0.39 is 0 Å². The van der Waals surface area contributed by atoms with Crippen LogP contribution in [0.2, 0.25) is 0 Å². The minimum absolute atomic E-state index is 0.410. The summed E-state index contributed by atoms with van der Waals surface area (Å²) >= 11 is 0. The van der Waals surface area contributed by atoms with Gasteiger partial charge in [-0.15, -0.1) is 0 Å². The molecule has 0 spiro atoms. The number of ether oxygens (including phenoxy) is 1. The van der Waals surface area contributed by atoms with E-state index in [1.165, 1.54) is 37.7 Å². The minimum atomic E-state index is 0.410. The fourth-order valence-corrected chi connectivity index (χ4v) is 2.63. The van der Waals surface area contributed by atoms with Gasteiger partial charge in [-0.1, -0.05) is 31.4 Å². The van der Waals surface area contributed by atoms with Crippen molar-refractivity contribution in [1.29, 1.82) is 0 Å². The van der Waals surface area contributed by atoms with Gasteiger partial charge in [0, 0.05) is 12.1 Å². The van der Waals surface area contributed by atoms with Gasteiger partial charge in [-0.2, -0.15) is 0 Å². The molecule has 1 aromatic rings. The topological polar surface area (TPSA) is 21.3 Å². The number of nitrogens with one attached hydrogen (secondary N) is 1. The highest BCUT2D eigenvalue weighted by atomic mass is 16.5. The zero-order valence-corrected chi connectivity index (χ0v) is 10.9. The Morgan fingerprint density at radius 2 is 2.00 bits per heavy atom. The first-order valence-electron chi connectivity index (χ1n) is 6.69. The van der Waals surface area contributed by atoms with E-state index in [-0.39, 0.29) is 0 Å². The second-order valence-electron chi connectivity index (χ2n) is 5.00. The van der Waals surface area contributed by atoms with Crippen molar-refractivity contribution in [2.45, 2.75) is 51.1 Å². The third-order valence-corrected chi connectivity index (χ3v) is 3.68. The van der Waals surface area contributed by atoms with Gasteiger partial charge in [0.15, 0.2) is 0 Å². The maximum absolute atomic E-state index is 5.27. The Balaban J connectivity index is 1.95. The summed E-state index contributed by atoms with van der Waals surface area (Å²) in [5.74, 6) is 0.944. The summed E-state index contributed by atoms with van der Waals surface area (Å²) in [6, 6.07) is 9.46. The van der Waals surface area contributed by atoms with Gasteiger partial charge in [-0.3, -0.25) is 0 Å². The van der Waals surface area contributed by atoms with Crippen LogP contribution in [0.1, 0.15) is 50.6 Å². The molecule has 0 amide bonds. The first-order valence-corrected chi connectivity index (χ1v) is 6.69. The minimum Gasteiger partial charge on any atom is -0.497 e. The highest BCUT2D eigenvalue weighted by Crippen LogP contribution is 2.23. The average Bonchev–Trinajstić information content (AvgIpc) is 2.40. The Morgan fingerprint density at radius 1 is 1.24 bits per heavy atom. The van der Waals surface area contributed by atoms with Gasteiger partial charge in [0.25, 0.3) is 0 Å². The molecule has 2 heteroatoms. The second-order valence-corrected chi connectivity index (χ2v) is 5.00. The molecule has 0 aliphatic heterocycles. The number of methoxy groups -OCH3 is 1. The van der Waals surface area contributed by atoms with Gasteiger partial charge in [0.1, 0.15) is 5.75 Å². The fourth-order valence-electron chi connectivity index (χ4n) is 2.63. The largest absolute Gasteiger partial charge is 0.497 e. The molecular weight excluding hydrogens is 210 g/mol. The maximum atomic E-state index is 5.27. The van der Waals surface area contributed by atoms with Crippen molar-refractivity contribution in [3.05, 3.63) is 29.8 Å². The quantitative estimate of drug-likeness (QED) is 0.856. The smallest absolute Gasteiger partial charge is 0.119 e. The molecule has 0 bridgehead atoms. The Hall–Kier alpha value is -1.02. The Bertz CT molecular complexity index is 345. The van der Waals surface area contributed by atoms with E-state index in [4.69, 9.17) is 4.74 Å². The lowest BCUT2D eigenvalue weighted by Gasteiger charge is -2.27. The summed E-state index contributed by atoms with van der Waals surface area (Å²) in [4.78, 5) is 0. The van der Waals surface area contributed by atoms with Crippen LogP contribution in [0.3, 0.4) is 0 Å². The van der Waals surface area contributed by atoms with Crippen molar-refractivity contribution in [1.82, 2.24) is 5.32 Å². The summed E-state index contributed by atoms with van der Waals surface area (Å²) < 4.78 is 5.27. The lowest BCUT2D eigenvalue weighted by molar-refractivity contribution is 0.346. The monoisotopic (exact) mass is 233 g/mol. The SMILES string of the molecule is COc1cccc(C(C)NC2CCCCC2)c1. The molecule has 0 heterocycles. The molecule has 1 saturated carbocycles. The zero-order valence-electron chi connectivity index (χ0n) is 10.9. The predicted molar refractivity (Wildman–Crippen MR) is 71.4 cm³/mol. The predicted octanol–water partition coefficient (Wildman–Crippen LogP) is 3.68. The van der Waals surface area contributed by atoms with Crippen molar-refractivity contribution in [3.8, 4) is 5.75 Å².